The summed E-state index contributed by atoms with van der Waals surface area (Å²) in [5, 5.41) is 24.3. The average molecular weight is 1440 g/mol. The Balaban J connectivity index is 1.12. The lowest BCUT2D eigenvalue weighted by atomic mass is 9.95. The van der Waals surface area contributed by atoms with Crippen molar-refractivity contribution in [3.8, 4) is 28.4 Å². The van der Waals surface area contributed by atoms with Crippen LogP contribution in [0.5, 0.6) is 17.2 Å². The zero-order valence-corrected chi connectivity index (χ0v) is 57.3. The number of alkyl carbamates (subject to hydrolysis) is 3. The largest absolute Gasteiger partial charge is 0.489 e. The van der Waals surface area contributed by atoms with Crippen LogP contribution in [0.4, 0.5) is 36.3 Å². The summed E-state index contributed by atoms with van der Waals surface area (Å²) >= 11 is 0. The summed E-state index contributed by atoms with van der Waals surface area (Å²) in [5.41, 5.74) is 3.65. The summed E-state index contributed by atoms with van der Waals surface area (Å²) in [4.78, 5) is 99.6. The van der Waals surface area contributed by atoms with Crippen molar-refractivity contribution >= 4 is 42.0 Å². The second kappa shape index (κ2) is 37.7. The van der Waals surface area contributed by atoms with Gasteiger partial charge >= 0.3 is 30.2 Å². The number of aliphatic hydroxyl groups is 1. The topological polar surface area (TPSA) is 264 Å². The van der Waals surface area contributed by atoms with Crippen molar-refractivity contribution in [1.29, 1.82) is 0 Å². The summed E-state index contributed by atoms with van der Waals surface area (Å²) < 4.78 is 114. The van der Waals surface area contributed by atoms with Gasteiger partial charge in [-0.05, 0) is 101 Å². The number of amides is 5. The Morgan fingerprint density at radius 2 is 0.762 bits per heavy atom. The Morgan fingerprint density at radius 1 is 0.390 bits per heavy atom. The monoisotopic (exact) mass is 1440 g/mol. The maximum atomic E-state index is 15.5. The first-order valence-electron chi connectivity index (χ1n) is 33.3. The summed E-state index contributed by atoms with van der Waals surface area (Å²) in [6.07, 6.45) is -6.68. The number of benzene rings is 9. The van der Waals surface area contributed by atoms with E-state index in [1.54, 1.807) is 227 Å². The maximum Gasteiger partial charge on any atom is 0.408 e. The number of hydrogen-bond acceptors (Lipinski definition) is 15. The molecule has 9 rings (SSSR count). The van der Waals surface area contributed by atoms with Crippen LogP contribution in [-0.2, 0) is 90.4 Å². The van der Waals surface area contributed by atoms with Gasteiger partial charge in [0.1, 0.15) is 74.3 Å². The molecule has 6 N–H and O–H groups in total. The van der Waals surface area contributed by atoms with Crippen molar-refractivity contribution in [3.63, 3.8) is 0 Å². The van der Waals surface area contributed by atoms with Gasteiger partial charge in [-0.1, -0.05) is 194 Å². The van der Waals surface area contributed by atoms with Crippen LogP contribution in [0.25, 0.3) is 11.1 Å². The lowest BCUT2D eigenvalue weighted by Crippen LogP contribution is -2.57. The fraction of sp³-hybridized carbons (Fsp3) is 0.237. The van der Waals surface area contributed by atoms with Crippen molar-refractivity contribution in [1.82, 2.24) is 26.6 Å². The third-order valence-corrected chi connectivity index (χ3v) is 15.9. The van der Waals surface area contributed by atoms with Crippen LogP contribution in [0.15, 0.2) is 218 Å². The molecule has 0 unspecified atom stereocenters. The summed E-state index contributed by atoms with van der Waals surface area (Å²) in [7, 11) is 0. The summed E-state index contributed by atoms with van der Waals surface area (Å²) in [6, 6.07) is 54.9. The van der Waals surface area contributed by atoms with Gasteiger partial charge in [-0.2, -0.15) is 8.78 Å². The average Bonchev–Trinajstić information content (AvgIpc) is 0.798. The molecule has 0 aliphatic heterocycles. The fourth-order valence-electron chi connectivity index (χ4n) is 10.6. The van der Waals surface area contributed by atoms with Crippen molar-refractivity contribution in [2.75, 3.05) is 6.54 Å². The molecule has 0 radical (unpaired) electrons. The molecular formula is C80H76F5N5O15. The number of esters is 2. The Kier molecular flexibility index (Phi) is 27.7. The molecule has 0 bridgehead atoms. The van der Waals surface area contributed by atoms with E-state index in [0.29, 0.717) is 44.5 Å². The number of rotatable bonds is 32. The third kappa shape index (κ3) is 23.7. The van der Waals surface area contributed by atoms with Crippen LogP contribution in [0.3, 0.4) is 0 Å². The third-order valence-electron chi connectivity index (χ3n) is 15.9. The van der Waals surface area contributed by atoms with E-state index in [1.807, 2.05) is 0 Å². The number of nitrogens with one attached hydrogen (secondary N) is 5. The SMILES string of the molecule is CC(C)(C)OC(=O)N[C@@H](C[C@@H](O)CNC(=O)OCc1ccccc1)C(=O)N[C@@H](Cc1cc(-c2ccc(OCc3ccccc3)c(C[C@H](NC(=O)OCc3ccccc3)C(=O)Oc3c(F)c(F)c(F)c(F)c3F)c2)ccc1OCc1ccccc1)C(=O)N[C@@H](Cc1ccccc1)C(=O)OCc1ccccc1. The van der Waals surface area contributed by atoms with Crippen molar-refractivity contribution in [2.45, 2.75) is 115 Å². The van der Waals surface area contributed by atoms with E-state index in [0.717, 1.165) is 0 Å². The predicted octanol–water partition coefficient (Wildman–Crippen LogP) is 12.7. The van der Waals surface area contributed by atoms with Crippen LogP contribution in [0.1, 0.15) is 71.7 Å². The standard InChI is InChI=1S/C80H76F5N5O15/c1-80(2,3)105-79(98)89-62(43-60(91)44-86-77(96)102-48-54-30-18-8-19-31-54)74(93)87-61(73(92)88-63(38-50-22-10-4-11-23-50)75(94)101-47-53-28-16-7-17-29-53)41-58-39-56(34-36-65(58)99-45-51-24-12-5-13-25-51)57-35-37-66(100-46-52-26-14-6-15-27-52)59(40-57)42-64(90-78(97)103-49-55-32-20-9-21-33-55)76(95)104-72-70(84)68(82)67(81)69(83)71(72)85/h4-37,39-40,60-64,91H,38,41-49H2,1-3H3,(H,86,96)(H,87,93)(H,88,92)(H,89,98)(H,90,97)/t60-,61+,62+,63+,64+/m1/s1. The smallest absolute Gasteiger partial charge is 0.408 e. The number of aliphatic hydroxyl groups excluding tert-OH is 1. The molecule has 0 saturated carbocycles. The minimum atomic E-state index is -2.52. The van der Waals surface area contributed by atoms with Crippen LogP contribution >= 0.6 is 0 Å². The van der Waals surface area contributed by atoms with Crippen molar-refractivity contribution in [3.05, 3.63) is 292 Å². The fourth-order valence-corrected chi connectivity index (χ4v) is 10.6. The molecule has 9 aromatic rings. The number of hydrogen-bond donors (Lipinski definition) is 6. The van der Waals surface area contributed by atoms with E-state index in [1.165, 1.54) is 12.1 Å². The van der Waals surface area contributed by atoms with Crippen LogP contribution < -0.4 is 40.8 Å². The quantitative estimate of drug-likeness (QED) is 0.00572. The number of ether oxygens (including phenoxy) is 7. The highest BCUT2D eigenvalue weighted by Gasteiger charge is 2.36. The van der Waals surface area contributed by atoms with E-state index < -0.39 is 139 Å². The lowest BCUT2D eigenvalue weighted by Gasteiger charge is -2.28. The van der Waals surface area contributed by atoms with Gasteiger partial charge in [-0.25, -0.2) is 37.1 Å². The van der Waals surface area contributed by atoms with E-state index in [2.05, 4.69) is 26.6 Å². The first kappa shape index (κ1) is 77.0. The highest BCUT2D eigenvalue weighted by atomic mass is 19.2. The molecule has 0 heterocycles. The minimum absolute atomic E-state index is 0.0444. The Labute approximate surface area is 602 Å². The highest BCUT2D eigenvalue weighted by Crippen LogP contribution is 2.35. The van der Waals surface area contributed by atoms with E-state index >= 15 is 18.4 Å². The lowest BCUT2D eigenvalue weighted by molar-refractivity contribution is -0.149. The molecule has 0 aromatic heterocycles. The zero-order valence-electron chi connectivity index (χ0n) is 57.3. The Morgan fingerprint density at radius 3 is 1.22 bits per heavy atom. The van der Waals surface area contributed by atoms with E-state index in [9.17, 15) is 42.3 Å². The van der Waals surface area contributed by atoms with Gasteiger partial charge in [-0.3, -0.25) is 9.59 Å². The van der Waals surface area contributed by atoms with Gasteiger partial charge in [-0.15, -0.1) is 0 Å². The van der Waals surface area contributed by atoms with Gasteiger partial charge < -0.3 is 64.8 Å². The molecule has 25 heteroatoms. The molecule has 5 atom stereocenters. The van der Waals surface area contributed by atoms with E-state index in [4.69, 9.17) is 33.2 Å². The molecule has 20 nitrogen and oxygen atoms in total. The van der Waals surface area contributed by atoms with Crippen LogP contribution in [-0.4, -0.2) is 89.6 Å². The van der Waals surface area contributed by atoms with Gasteiger partial charge in [0.25, 0.3) is 0 Å². The molecule has 0 aliphatic rings. The van der Waals surface area contributed by atoms with Crippen molar-refractivity contribution < 1.29 is 93.8 Å². The van der Waals surface area contributed by atoms with E-state index in [-0.39, 0.29) is 62.1 Å². The van der Waals surface area contributed by atoms with Gasteiger partial charge in [0.2, 0.25) is 46.6 Å². The normalized spacial score (nSPS) is 12.5. The van der Waals surface area contributed by atoms with Gasteiger partial charge in [0, 0.05) is 32.2 Å². The second-order valence-corrected chi connectivity index (χ2v) is 25.1. The Hall–Kier alpha value is -12.1. The molecule has 0 saturated heterocycles. The Bertz CT molecular complexity index is 4390. The zero-order chi connectivity index (χ0) is 74.8. The molecule has 0 spiro atoms. The number of carbonyl (C=O) groups excluding carboxylic acids is 7. The minimum Gasteiger partial charge on any atom is -0.489 e. The predicted molar refractivity (Wildman–Crippen MR) is 375 cm³/mol. The maximum absolute atomic E-state index is 15.5. The van der Waals surface area contributed by atoms with Gasteiger partial charge in [0.05, 0.1) is 6.10 Å². The number of halogens is 5. The first-order chi connectivity index (χ1) is 50.5. The molecule has 546 valence electrons. The molecule has 5 amide bonds. The molecule has 0 fully saturated rings. The second-order valence-electron chi connectivity index (χ2n) is 25.1. The highest BCUT2D eigenvalue weighted by molar-refractivity contribution is 5.93. The molecular weight excluding hydrogens is 1370 g/mol. The molecule has 9 aromatic carbocycles. The van der Waals surface area contributed by atoms with Crippen LogP contribution in [0, 0.1) is 29.1 Å². The van der Waals surface area contributed by atoms with Crippen molar-refractivity contribution in [2.24, 2.45) is 0 Å². The van der Waals surface area contributed by atoms with Gasteiger partial charge in [0.15, 0.2) is 0 Å². The van der Waals surface area contributed by atoms with Crippen LogP contribution in [0.2, 0.25) is 0 Å². The number of carbonyl (C=O) groups is 7. The summed E-state index contributed by atoms with van der Waals surface area (Å²) in [6.45, 7) is 3.49. The summed E-state index contributed by atoms with van der Waals surface area (Å²) in [5.74, 6) is -18.6. The molecule has 0 aliphatic carbocycles. The first-order valence-corrected chi connectivity index (χ1v) is 33.3. The molecule has 105 heavy (non-hydrogen) atoms.